The first-order valence-electron chi connectivity index (χ1n) is 9.28. The zero-order chi connectivity index (χ0) is 18.9. The fourth-order valence-electron chi connectivity index (χ4n) is 4.41. The van der Waals surface area contributed by atoms with Gasteiger partial charge in [-0.2, -0.15) is 0 Å². The summed E-state index contributed by atoms with van der Waals surface area (Å²) in [6.07, 6.45) is 2.59. The summed E-state index contributed by atoms with van der Waals surface area (Å²) in [5, 5.41) is 4.46. The van der Waals surface area contributed by atoms with Gasteiger partial charge in [-0.05, 0) is 43.5 Å². The average Bonchev–Trinajstić information content (AvgIpc) is 3.05. The molecule has 1 aromatic heterocycles. The van der Waals surface area contributed by atoms with E-state index in [-0.39, 0.29) is 18.4 Å². The number of nitrogens with zero attached hydrogens (tertiary/aromatic N) is 1. The lowest BCUT2D eigenvalue weighted by atomic mass is 9.71. The van der Waals surface area contributed by atoms with E-state index < -0.39 is 11.5 Å². The van der Waals surface area contributed by atoms with E-state index in [0.29, 0.717) is 12.0 Å². The third-order valence-electron chi connectivity index (χ3n) is 6.31. The topological polar surface area (TPSA) is 68.3 Å². The predicted molar refractivity (Wildman–Crippen MR) is 103 cm³/mol. The lowest BCUT2D eigenvalue weighted by molar-refractivity contribution is -0.153. The van der Waals surface area contributed by atoms with E-state index in [0.717, 1.165) is 39.0 Å². The molecule has 27 heavy (non-hydrogen) atoms. The van der Waals surface area contributed by atoms with E-state index in [1.165, 1.54) is 0 Å². The molecule has 136 valence electrons. The highest BCUT2D eigenvalue weighted by Gasteiger charge is 2.48. The molecule has 1 aromatic carbocycles. The van der Waals surface area contributed by atoms with Crippen LogP contribution in [0.25, 0.3) is 16.5 Å². The molecule has 2 atom stereocenters. The van der Waals surface area contributed by atoms with Crippen LogP contribution in [-0.2, 0) is 14.3 Å². The highest BCUT2D eigenvalue weighted by Crippen LogP contribution is 2.48. The molecule has 1 N–H and O–H groups in total. The zero-order valence-electron chi connectivity index (χ0n) is 15.6. The molecule has 5 rings (SSSR count). The second kappa shape index (κ2) is 5.28. The van der Waals surface area contributed by atoms with Gasteiger partial charge in [0.1, 0.15) is 12.6 Å². The molecular formula is C22H20N2O3. The highest BCUT2D eigenvalue weighted by atomic mass is 16.5. The number of allylic oxidation sites excluding steroid dienone is 1. The number of carbonyl (C=O) groups is 2. The van der Waals surface area contributed by atoms with Crippen molar-refractivity contribution < 1.29 is 14.3 Å². The number of aromatic nitrogens is 1. The molecule has 2 unspecified atom stereocenters. The number of fused-ring (bicyclic) bond motifs is 4. The van der Waals surface area contributed by atoms with Crippen LogP contribution >= 0.6 is 0 Å². The maximum Gasteiger partial charge on any atom is 0.316 e. The number of Topliss-reactive ketones (excluding diaryl/α,β-unsaturated/α-hetero) is 1. The smallest absolute Gasteiger partial charge is 0.316 e. The number of ether oxygens (including phenoxy) is 1. The minimum absolute atomic E-state index is 0.0175. The van der Waals surface area contributed by atoms with Gasteiger partial charge in [-0.25, -0.2) is 4.98 Å². The molecule has 5 heteroatoms. The van der Waals surface area contributed by atoms with Gasteiger partial charge in [0.25, 0.3) is 0 Å². The fraction of sp³-hybridized carbons (Fsp3) is 0.318. The van der Waals surface area contributed by atoms with Gasteiger partial charge in [-0.1, -0.05) is 25.1 Å². The molecule has 3 heterocycles. The Hall–Kier alpha value is -2.95. The van der Waals surface area contributed by atoms with Crippen LogP contribution in [0.3, 0.4) is 0 Å². The van der Waals surface area contributed by atoms with Crippen LogP contribution in [0, 0.1) is 12.3 Å². The van der Waals surface area contributed by atoms with Crippen molar-refractivity contribution in [2.75, 3.05) is 11.9 Å². The van der Waals surface area contributed by atoms with Crippen molar-refractivity contribution in [3.63, 3.8) is 0 Å². The highest BCUT2D eigenvalue weighted by molar-refractivity contribution is 6.17. The summed E-state index contributed by atoms with van der Waals surface area (Å²) in [5.41, 5.74) is 5.17. The Kier molecular flexibility index (Phi) is 3.18. The molecule has 0 bridgehead atoms. The van der Waals surface area contributed by atoms with Crippen molar-refractivity contribution in [1.29, 1.82) is 0 Å². The molecule has 0 radical (unpaired) electrons. The normalized spacial score (nSPS) is 26.2. The summed E-state index contributed by atoms with van der Waals surface area (Å²) < 4.78 is 5.35. The minimum Gasteiger partial charge on any atom is -0.460 e. The number of esters is 1. The van der Waals surface area contributed by atoms with Crippen LogP contribution in [0.4, 0.5) is 5.69 Å². The second-order valence-electron chi connectivity index (χ2n) is 7.67. The summed E-state index contributed by atoms with van der Waals surface area (Å²) in [6, 6.07) is 7.53. The number of carbonyl (C=O) groups excluding carboxylic acids is 2. The minimum atomic E-state index is -0.796. The van der Waals surface area contributed by atoms with E-state index in [9.17, 15) is 9.59 Å². The summed E-state index contributed by atoms with van der Waals surface area (Å²) in [5.74, 6) is -0.281. The Morgan fingerprint density at radius 3 is 2.85 bits per heavy atom. The van der Waals surface area contributed by atoms with Gasteiger partial charge < -0.3 is 10.1 Å². The summed E-state index contributed by atoms with van der Waals surface area (Å²) in [7, 11) is 0. The Morgan fingerprint density at radius 1 is 1.30 bits per heavy atom. The summed E-state index contributed by atoms with van der Waals surface area (Å²) in [4.78, 5) is 30.5. The van der Waals surface area contributed by atoms with Crippen LogP contribution in [0.15, 0.2) is 41.5 Å². The Bertz CT molecular complexity index is 1110. The molecule has 0 fully saturated rings. The average molecular weight is 360 g/mol. The van der Waals surface area contributed by atoms with Crippen LogP contribution in [0.2, 0.25) is 0 Å². The number of cyclic esters (lactones) is 1. The SMILES string of the molecule is CCC1(C)C(=O)OCC2=C1C=C1c3nc4ccccc4c(C)c3NC1C2=O. The molecule has 0 spiro atoms. The van der Waals surface area contributed by atoms with E-state index in [4.69, 9.17) is 9.72 Å². The van der Waals surface area contributed by atoms with E-state index in [2.05, 4.69) is 5.32 Å². The van der Waals surface area contributed by atoms with Gasteiger partial charge in [0.2, 0.25) is 0 Å². The number of para-hydroxylation sites is 1. The van der Waals surface area contributed by atoms with Gasteiger partial charge in [0, 0.05) is 16.5 Å². The first-order valence-corrected chi connectivity index (χ1v) is 9.28. The molecule has 3 aliphatic rings. The van der Waals surface area contributed by atoms with Crippen molar-refractivity contribution in [3.8, 4) is 0 Å². The molecule has 0 saturated carbocycles. The van der Waals surface area contributed by atoms with Crippen molar-refractivity contribution in [2.24, 2.45) is 5.41 Å². The van der Waals surface area contributed by atoms with Gasteiger partial charge in [0.15, 0.2) is 5.78 Å². The number of nitrogens with one attached hydrogen (secondary N) is 1. The van der Waals surface area contributed by atoms with Crippen molar-refractivity contribution >= 4 is 33.9 Å². The third kappa shape index (κ3) is 1.97. The van der Waals surface area contributed by atoms with Crippen LogP contribution in [0.5, 0.6) is 0 Å². The molecule has 1 aliphatic carbocycles. The zero-order valence-corrected chi connectivity index (χ0v) is 15.6. The van der Waals surface area contributed by atoms with Crippen LogP contribution in [0.1, 0.15) is 31.5 Å². The van der Waals surface area contributed by atoms with Crippen LogP contribution < -0.4 is 5.32 Å². The van der Waals surface area contributed by atoms with Crippen LogP contribution in [-0.4, -0.2) is 29.4 Å². The van der Waals surface area contributed by atoms with Gasteiger partial charge >= 0.3 is 5.97 Å². The maximum absolute atomic E-state index is 13.2. The fourth-order valence-corrected chi connectivity index (χ4v) is 4.41. The molecule has 0 saturated heterocycles. The number of hydrogen-bond donors (Lipinski definition) is 1. The molecule has 2 aromatic rings. The third-order valence-corrected chi connectivity index (χ3v) is 6.31. The molecular weight excluding hydrogens is 340 g/mol. The van der Waals surface area contributed by atoms with Gasteiger partial charge in [-0.3, -0.25) is 9.59 Å². The monoisotopic (exact) mass is 360 g/mol. The number of rotatable bonds is 1. The largest absolute Gasteiger partial charge is 0.460 e. The Morgan fingerprint density at radius 2 is 2.07 bits per heavy atom. The number of hydrogen-bond acceptors (Lipinski definition) is 5. The van der Waals surface area contributed by atoms with E-state index in [1.807, 2.05) is 51.1 Å². The number of benzene rings is 1. The molecule has 5 nitrogen and oxygen atoms in total. The number of anilines is 1. The molecule has 2 aliphatic heterocycles. The van der Waals surface area contributed by atoms with Gasteiger partial charge in [0.05, 0.1) is 22.3 Å². The molecule has 0 amide bonds. The van der Waals surface area contributed by atoms with E-state index >= 15 is 0 Å². The van der Waals surface area contributed by atoms with Crippen molar-refractivity contribution in [3.05, 3.63) is 52.7 Å². The number of pyridine rings is 1. The lowest BCUT2D eigenvalue weighted by Gasteiger charge is -2.36. The first kappa shape index (κ1) is 16.2. The van der Waals surface area contributed by atoms with Crippen molar-refractivity contribution in [1.82, 2.24) is 4.98 Å². The first-order chi connectivity index (χ1) is 13.0. The summed E-state index contributed by atoms with van der Waals surface area (Å²) >= 11 is 0. The van der Waals surface area contributed by atoms with Crippen molar-refractivity contribution in [2.45, 2.75) is 33.2 Å². The Balaban J connectivity index is 1.76. The lowest BCUT2D eigenvalue weighted by Crippen LogP contribution is -2.43. The maximum atomic E-state index is 13.2. The second-order valence-corrected chi connectivity index (χ2v) is 7.67. The quantitative estimate of drug-likeness (QED) is 0.788. The number of aryl methyl sites for hydroxylation is 1. The predicted octanol–water partition coefficient (Wildman–Crippen LogP) is 3.57. The number of ketones is 1. The Labute approximate surface area is 157 Å². The van der Waals surface area contributed by atoms with Gasteiger partial charge in [-0.15, -0.1) is 0 Å². The summed E-state index contributed by atoms with van der Waals surface area (Å²) in [6.45, 7) is 5.91. The van der Waals surface area contributed by atoms with E-state index in [1.54, 1.807) is 0 Å². The standard InChI is InChI=1S/C22H20N2O3/c1-4-22(3)15-9-13-18-17(11(2)12-7-5-6-8-16(12)23-18)24-19(13)20(25)14(15)10-27-21(22)26/h5-9,19,24H,4,10H2,1-3H3.